The van der Waals surface area contributed by atoms with Crippen molar-refractivity contribution in [3.8, 4) is 17.1 Å². The normalized spacial score (nSPS) is 11.5. The summed E-state index contributed by atoms with van der Waals surface area (Å²) in [5, 5.41) is 4.41. The van der Waals surface area contributed by atoms with Crippen LogP contribution in [0.4, 0.5) is 0 Å². The molecule has 182 valence electrons. The van der Waals surface area contributed by atoms with Crippen LogP contribution < -0.4 is 15.0 Å². The number of amides is 1. The molecule has 0 unspecified atom stereocenters. The standard InChI is InChI=1S/C23H24N6O5S/c1-4-7-17-19-20(29(3)27-17)23(31)26-21(25-19)16-12-15(9-10-18(16)34-5-2)35(32,33)28-22(30)14-8-6-11-24-13-14/h6,8-13H,4-5,7H2,1-3H3,(H,28,30)(H,25,26,31). The van der Waals surface area contributed by atoms with E-state index in [-0.39, 0.29) is 21.8 Å². The van der Waals surface area contributed by atoms with E-state index in [0.29, 0.717) is 35.5 Å². The zero-order valence-corrected chi connectivity index (χ0v) is 20.2. The van der Waals surface area contributed by atoms with E-state index < -0.39 is 21.5 Å². The maximum atomic E-state index is 13.0. The third-order valence-electron chi connectivity index (χ3n) is 5.22. The van der Waals surface area contributed by atoms with Crippen LogP contribution in [0.1, 0.15) is 36.3 Å². The number of nitrogens with zero attached hydrogens (tertiary/aromatic N) is 4. The molecule has 0 fully saturated rings. The van der Waals surface area contributed by atoms with Gasteiger partial charge in [0, 0.05) is 19.4 Å². The summed E-state index contributed by atoms with van der Waals surface area (Å²) in [5.41, 5.74) is 1.37. The number of nitrogens with one attached hydrogen (secondary N) is 2. The van der Waals surface area contributed by atoms with Crippen LogP contribution in [0, 0.1) is 0 Å². The molecule has 0 saturated heterocycles. The van der Waals surface area contributed by atoms with Gasteiger partial charge in [0.15, 0.2) is 5.52 Å². The van der Waals surface area contributed by atoms with Gasteiger partial charge in [-0.3, -0.25) is 19.3 Å². The number of aryl methyl sites for hydroxylation is 2. The van der Waals surface area contributed by atoms with Crippen molar-refractivity contribution in [1.29, 1.82) is 0 Å². The molecule has 0 radical (unpaired) electrons. The third-order valence-corrected chi connectivity index (χ3v) is 6.55. The number of hydrogen-bond donors (Lipinski definition) is 2. The first kappa shape index (κ1) is 24.1. The quantitative estimate of drug-likeness (QED) is 0.377. The van der Waals surface area contributed by atoms with Crippen molar-refractivity contribution in [3.63, 3.8) is 0 Å². The van der Waals surface area contributed by atoms with E-state index in [2.05, 4.69) is 20.1 Å². The molecule has 0 bridgehead atoms. The lowest BCUT2D eigenvalue weighted by atomic mass is 10.1. The zero-order valence-electron chi connectivity index (χ0n) is 19.4. The van der Waals surface area contributed by atoms with Crippen LogP contribution in [0.2, 0.25) is 0 Å². The first-order valence-electron chi connectivity index (χ1n) is 11.0. The van der Waals surface area contributed by atoms with Crippen molar-refractivity contribution in [3.05, 3.63) is 64.3 Å². The van der Waals surface area contributed by atoms with E-state index in [0.717, 1.165) is 6.42 Å². The highest BCUT2D eigenvalue weighted by atomic mass is 32.2. The maximum absolute atomic E-state index is 13.0. The summed E-state index contributed by atoms with van der Waals surface area (Å²) in [7, 11) is -2.59. The molecule has 3 heterocycles. The Labute approximate surface area is 201 Å². The average Bonchev–Trinajstić information content (AvgIpc) is 3.15. The Morgan fingerprint density at radius 3 is 2.71 bits per heavy atom. The van der Waals surface area contributed by atoms with E-state index in [1.807, 2.05) is 11.6 Å². The number of H-pyrrole nitrogens is 1. The van der Waals surface area contributed by atoms with Crippen molar-refractivity contribution in [1.82, 2.24) is 29.5 Å². The van der Waals surface area contributed by atoms with Gasteiger partial charge in [0.1, 0.15) is 17.1 Å². The van der Waals surface area contributed by atoms with Gasteiger partial charge in [-0.05, 0) is 43.7 Å². The Hall–Kier alpha value is -4.06. The molecule has 1 aromatic carbocycles. The largest absolute Gasteiger partial charge is 0.493 e. The molecule has 11 nitrogen and oxygen atoms in total. The molecule has 0 aliphatic heterocycles. The Morgan fingerprint density at radius 2 is 2.03 bits per heavy atom. The van der Waals surface area contributed by atoms with Crippen molar-refractivity contribution in [2.24, 2.45) is 7.05 Å². The molecule has 2 N–H and O–H groups in total. The highest BCUT2D eigenvalue weighted by molar-refractivity contribution is 7.90. The molecule has 4 aromatic rings. The monoisotopic (exact) mass is 496 g/mol. The maximum Gasteiger partial charge on any atom is 0.277 e. The molecular formula is C23H24N6O5S. The van der Waals surface area contributed by atoms with Crippen molar-refractivity contribution < 1.29 is 17.9 Å². The number of ether oxygens (including phenoxy) is 1. The third kappa shape index (κ3) is 4.78. The molecule has 4 rings (SSSR count). The Morgan fingerprint density at radius 1 is 1.23 bits per heavy atom. The van der Waals surface area contributed by atoms with Gasteiger partial charge in [0.25, 0.3) is 21.5 Å². The predicted octanol–water partition coefficient (Wildman–Crippen LogP) is 2.19. The summed E-state index contributed by atoms with van der Waals surface area (Å²) in [6.07, 6.45) is 4.17. The molecule has 0 aliphatic rings. The second-order valence-electron chi connectivity index (χ2n) is 7.70. The topological polar surface area (TPSA) is 149 Å². The van der Waals surface area contributed by atoms with Crippen LogP contribution in [-0.4, -0.2) is 45.7 Å². The Bertz CT molecular complexity index is 1560. The molecular weight excluding hydrogens is 472 g/mol. The van der Waals surface area contributed by atoms with E-state index in [1.54, 1.807) is 14.0 Å². The number of aromatic amines is 1. The van der Waals surface area contributed by atoms with Gasteiger partial charge >= 0.3 is 0 Å². The van der Waals surface area contributed by atoms with Crippen LogP contribution >= 0.6 is 0 Å². The summed E-state index contributed by atoms with van der Waals surface area (Å²) in [4.78, 5) is 36.3. The number of aromatic nitrogens is 5. The van der Waals surface area contributed by atoms with Gasteiger partial charge < -0.3 is 9.72 Å². The van der Waals surface area contributed by atoms with E-state index in [4.69, 9.17) is 4.74 Å². The minimum atomic E-state index is -4.25. The van der Waals surface area contributed by atoms with E-state index in [1.165, 1.54) is 47.4 Å². The highest BCUT2D eigenvalue weighted by Gasteiger charge is 2.23. The zero-order chi connectivity index (χ0) is 25.2. The van der Waals surface area contributed by atoms with Gasteiger partial charge in [0.05, 0.1) is 28.3 Å². The summed E-state index contributed by atoms with van der Waals surface area (Å²) in [5.74, 6) is -0.360. The molecule has 0 saturated carbocycles. The van der Waals surface area contributed by atoms with Gasteiger partial charge in [-0.2, -0.15) is 5.10 Å². The van der Waals surface area contributed by atoms with Crippen molar-refractivity contribution in [2.45, 2.75) is 31.6 Å². The fourth-order valence-corrected chi connectivity index (χ4v) is 4.66. The summed E-state index contributed by atoms with van der Waals surface area (Å²) >= 11 is 0. The molecule has 3 aromatic heterocycles. The summed E-state index contributed by atoms with van der Waals surface area (Å²) in [6.45, 7) is 4.08. The first-order valence-corrected chi connectivity index (χ1v) is 12.4. The van der Waals surface area contributed by atoms with Gasteiger partial charge in [-0.15, -0.1) is 0 Å². The molecule has 1 amide bonds. The van der Waals surface area contributed by atoms with Crippen LogP contribution in [0.5, 0.6) is 5.75 Å². The lowest BCUT2D eigenvalue weighted by Gasteiger charge is -2.13. The number of fused-ring (bicyclic) bond motifs is 1. The molecule has 12 heteroatoms. The smallest absolute Gasteiger partial charge is 0.277 e. The number of pyridine rings is 1. The van der Waals surface area contributed by atoms with Crippen LogP contribution in [0.25, 0.3) is 22.4 Å². The number of rotatable bonds is 8. The Balaban J connectivity index is 1.82. The number of carbonyl (C=O) groups excluding carboxylic acids is 1. The number of hydrogen-bond acceptors (Lipinski definition) is 8. The fourth-order valence-electron chi connectivity index (χ4n) is 3.66. The average molecular weight is 497 g/mol. The lowest BCUT2D eigenvalue weighted by Crippen LogP contribution is -2.30. The Kier molecular flexibility index (Phi) is 6.65. The second kappa shape index (κ2) is 9.66. The van der Waals surface area contributed by atoms with E-state index >= 15 is 0 Å². The fraction of sp³-hybridized carbons (Fsp3) is 0.261. The van der Waals surface area contributed by atoms with E-state index in [9.17, 15) is 18.0 Å². The minimum absolute atomic E-state index is 0.0960. The van der Waals surface area contributed by atoms with Crippen LogP contribution in [0.3, 0.4) is 0 Å². The second-order valence-corrected chi connectivity index (χ2v) is 9.38. The van der Waals surface area contributed by atoms with Crippen molar-refractivity contribution >= 4 is 27.0 Å². The number of benzene rings is 1. The molecule has 0 spiro atoms. The number of sulfonamides is 1. The summed E-state index contributed by atoms with van der Waals surface area (Å²) in [6, 6.07) is 7.07. The molecule has 0 atom stereocenters. The molecule has 35 heavy (non-hydrogen) atoms. The highest BCUT2D eigenvalue weighted by Crippen LogP contribution is 2.31. The SMILES string of the molecule is CCCc1nn(C)c2c(=O)[nH]c(-c3cc(S(=O)(=O)NC(=O)c4cccnc4)ccc3OCC)nc12. The number of carbonyl (C=O) groups is 1. The van der Waals surface area contributed by atoms with Gasteiger partial charge in [-0.1, -0.05) is 13.3 Å². The van der Waals surface area contributed by atoms with Gasteiger partial charge in [0.2, 0.25) is 0 Å². The van der Waals surface area contributed by atoms with Gasteiger partial charge in [-0.25, -0.2) is 18.1 Å². The van der Waals surface area contributed by atoms with Crippen LogP contribution in [0.15, 0.2) is 52.4 Å². The minimum Gasteiger partial charge on any atom is -0.493 e. The first-order chi connectivity index (χ1) is 16.7. The lowest BCUT2D eigenvalue weighted by molar-refractivity contribution is 0.0981. The molecule has 0 aliphatic carbocycles. The summed E-state index contributed by atoms with van der Waals surface area (Å²) < 4.78 is 35.2. The van der Waals surface area contributed by atoms with Crippen LogP contribution in [-0.2, 0) is 23.5 Å². The van der Waals surface area contributed by atoms with Crippen molar-refractivity contribution in [2.75, 3.05) is 6.61 Å². The predicted molar refractivity (Wildman–Crippen MR) is 129 cm³/mol.